The van der Waals surface area contributed by atoms with E-state index < -0.39 is 11.7 Å². The van der Waals surface area contributed by atoms with E-state index in [1.54, 1.807) is 5.51 Å². The van der Waals surface area contributed by atoms with Crippen molar-refractivity contribution in [2.45, 2.75) is 12.6 Å². The van der Waals surface area contributed by atoms with Crippen LogP contribution < -0.4 is 11.1 Å². The lowest BCUT2D eigenvalue weighted by atomic mass is 10.1. The van der Waals surface area contributed by atoms with Crippen molar-refractivity contribution in [3.8, 4) is 0 Å². The number of anilines is 2. The number of nitrogens with one attached hydrogen (secondary N) is 1. The van der Waals surface area contributed by atoms with Gasteiger partial charge in [-0.3, -0.25) is 0 Å². The zero-order chi connectivity index (χ0) is 13.9. The van der Waals surface area contributed by atoms with Gasteiger partial charge in [-0.15, -0.1) is 11.3 Å². The molecule has 0 amide bonds. The second kappa shape index (κ2) is 5.48. The Balaban J connectivity index is 2.01. The van der Waals surface area contributed by atoms with E-state index in [4.69, 9.17) is 5.73 Å². The second-order valence-corrected chi connectivity index (χ2v) is 4.68. The third-order valence-electron chi connectivity index (χ3n) is 2.55. The van der Waals surface area contributed by atoms with E-state index in [2.05, 4.69) is 10.3 Å². The first-order chi connectivity index (χ1) is 8.97. The summed E-state index contributed by atoms with van der Waals surface area (Å²) < 4.78 is 38.0. The fourth-order valence-electron chi connectivity index (χ4n) is 1.61. The van der Waals surface area contributed by atoms with Crippen LogP contribution in [0.15, 0.2) is 29.1 Å². The molecular formula is C12H12F3N3S. The minimum atomic E-state index is -4.43. The molecule has 3 nitrogen and oxygen atoms in total. The molecule has 0 fully saturated rings. The summed E-state index contributed by atoms with van der Waals surface area (Å²) in [5, 5.41) is 4.84. The summed E-state index contributed by atoms with van der Waals surface area (Å²) in [5.74, 6) is 0. The molecule has 0 saturated heterocycles. The smallest absolute Gasteiger partial charge is 0.398 e. The topological polar surface area (TPSA) is 50.9 Å². The lowest BCUT2D eigenvalue weighted by Crippen LogP contribution is -2.11. The third kappa shape index (κ3) is 3.60. The zero-order valence-corrected chi connectivity index (χ0v) is 10.7. The molecule has 0 unspecified atom stereocenters. The number of hydrogen-bond donors (Lipinski definition) is 2. The highest BCUT2D eigenvalue weighted by atomic mass is 32.1. The van der Waals surface area contributed by atoms with Crippen molar-refractivity contribution in [2.24, 2.45) is 0 Å². The number of hydrogen-bond acceptors (Lipinski definition) is 4. The molecule has 102 valence electrons. The number of nitrogen functional groups attached to an aromatic ring is 1. The molecule has 1 aromatic heterocycles. The summed E-state index contributed by atoms with van der Waals surface area (Å²) in [7, 11) is 0. The Morgan fingerprint density at radius 3 is 2.74 bits per heavy atom. The van der Waals surface area contributed by atoms with Crippen molar-refractivity contribution in [2.75, 3.05) is 17.6 Å². The van der Waals surface area contributed by atoms with Crippen LogP contribution in [-0.4, -0.2) is 11.5 Å². The van der Waals surface area contributed by atoms with E-state index in [-0.39, 0.29) is 5.69 Å². The number of alkyl halides is 3. The zero-order valence-electron chi connectivity index (χ0n) is 9.87. The molecule has 19 heavy (non-hydrogen) atoms. The number of benzene rings is 1. The number of halogens is 3. The van der Waals surface area contributed by atoms with E-state index in [0.29, 0.717) is 18.7 Å². The van der Waals surface area contributed by atoms with Crippen LogP contribution in [0.3, 0.4) is 0 Å². The molecule has 0 atom stereocenters. The summed E-state index contributed by atoms with van der Waals surface area (Å²) in [5.41, 5.74) is 7.29. The Kier molecular flexibility index (Phi) is 3.94. The van der Waals surface area contributed by atoms with E-state index in [9.17, 15) is 13.2 Å². The largest absolute Gasteiger partial charge is 0.418 e. The van der Waals surface area contributed by atoms with Gasteiger partial charge in [0.15, 0.2) is 0 Å². The molecule has 0 aliphatic carbocycles. The van der Waals surface area contributed by atoms with Crippen LogP contribution in [0.5, 0.6) is 0 Å². The number of aromatic nitrogens is 1. The Hall–Kier alpha value is -1.76. The van der Waals surface area contributed by atoms with Crippen molar-refractivity contribution in [3.05, 3.63) is 40.3 Å². The first kappa shape index (κ1) is 13.7. The summed E-state index contributed by atoms with van der Waals surface area (Å²) in [6.45, 7) is 0.519. The van der Waals surface area contributed by atoms with Gasteiger partial charge >= 0.3 is 6.18 Å². The second-order valence-electron chi connectivity index (χ2n) is 3.96. The van der Waals surface area contributed by atoms with Crippen molar-refractivity contribution in [3.63, 3.8) is 0 Å². The van der Waals surface area contributed by atoms with Gasteiger partial charge in [0.2, 0.25) is 0 Å². The fourth-order valence-corrected chi connectivity index (χ4v) is 2.20. The van der Waals surface area contributed by atoms with E-state index in [0.717, 1.165) is 11.8 Å². The van der Waals surface area contributed by atoms with Crippen LogP contribution in [0, 0.1) is 0 Å². The monoisotopic (exact) mass is 287 g/mol. The molecule has 0 saturated carbocycles. The van der Waals surface area contributed by atoms with Gasteiger partial charge in [0.1, 0.15) is 0 Å². The number of rotatable bonds is 4. The number of nitrogens with two attached hydrogens (primary N) is 1. The van der Waals surface area contributed by atoms with Crippen LogP contribution in [-0.2, 0) is 12.6 Å². The predicted molar refractivity (Wildman–Crippen MR) is 70.2 cm³/mol. The highest BCUT2D eigenvalue weighted by molar-refractivity contribution is 7.07. The Morgan fingerprint density at radius 2 is 2.11 bits per heavy atom. The minimum absolute atomic E-state index is 0.266. The Labute approximate surface area is 112 Å². The molecule has 0 aliphatic rings. The number of nitrogens with zero attached hydrogens (tertiary/aromatic N) is 1. The Bertz CT molecular complexity index is 538. The summed E-state index contributed by atoms with van der Waals surface area (Å²) in [6.07, 6.45) is -3.77. The van der Waals surface area contributed by atoms with Gasteiger partial charge in [-0.25, -0.2) is 4.98 Å². The fraction of sp³-hybridized carbons (Fsp3) is 0.250. The average molecular weight is 287 g/mol. The van der Waals surface area contributed by atoms with Gasteiger partial charge in [0, 0.05) is 29.7 Å². The summed E-state index contributed by atoms with van der Waals surface area (Å²) in [4.78, 5) is 4.10. The maximum atomic E-state index is 12.7. The molecule has 7 heteroatoms. The minimum Gasteiger partial charge on any atom is -0.398 e. The van der Waals surface area contributed by atoms with Gasteiger partial charge in [-0.05, 0) is 18.2 Å². The molecule has 0 bridgehead atoms. The van der Waals surface area contributed by atoms with Gasteiger partial charge < -0.3 is 11.1 Å². The molecule has 0 radical (unpaired) electrons. The first-order valence-corrected chi connectivity index (χ1v) is 6.49. The van der Waals surface area contributed by atoms with Crippen molar-refractivity contribution in [1.82, 2.24) is 4.98 Å². The quantitative estimate of drug-likeness (QED) is 0.847. The van der Waals surface area contributed by atoms with Crippen LogP contribution in [0.2, 0.25) is 0 Å². The normalized spacial score (nSPS) is 11.5. The van der Waals surface area contributed by atoms with Crippen LogP contribution in [0.1, 0.15) is 11.3 Å². The molecule has 0 spiro atoms. The molecule has 3 N–H and O–H groups in total. The van der Waals surface area contributed by atoms with Gasteiger partial charge in [0.05, 0.1) is 16.8 Å². The van der Waals surface area contributed by atoms with Gasteiger partial charge in [-0.1, -0.05) is 0 Å². The Morgan fingerprint density at radius 1 is 1.32 bits per heavy atom. The van der Waals surface area contributed by atoms with E-state index in [1.165, 1.54) is 23.5 Å². The first-order valence-electron chi connectivity index (χ1n) is 5.54. The number of thiazole rings is 1. The van der Waals surface area contributed by atoms with Crippen molar-refractivity contribution < 1.29 is 13.2 Å². The highest BCUT2D eigenvalue weighted by Crippen LogP contribution is 2.35. The summed E-state index contributed by atoms with van der Waals surface area (Å²) >= 11 is 1.49. The maximum Gasteiger partial charge on any atom is 0.418 e. The molecule has 1 heterocycles. The van der Waals surface area contributed by atoms with E-state index >= 15 is 0 Å². The molecule has 2 aromatic rings. The SMILES string of the molecule is Nc1ccc(NCCc2cscn2)cc1C(F)(F)F. The molecule has 2 rings (SSSR count). The van der Waals surface area contributed by atoms with Crippen LogP contribution in [0.25, 0.3) is 0 Å². The maximum absolute atomic E-state index is 12.7. The lowest BCUT2D eigenvalue weighted by Gasteiger charge is -2.12. The predicted octanol–water partition coefficient (Wildman–Crippen LogP) is 3.40. The standard InChI is InChI=1S/C12H12F3N3S/c13-12(14,15)10-5-8(1-2-11(10)16)17-4-3-9-6-19-7-18-9/h1-2,5-7,17H,3-4,16H2. The molecule has 1 aromatic carbocycles. The highest BCUT2D eigenvalue weighted by Gasteiger charge is 2.33. The molecule has 0 aliphatic heterocycles. The van der Waals surface area contributed by atoms with Gasteiger partial charge in [-0.2, -0.15) is 13.2 Å². The molecular weight excluding hydrogens is 275 g/mol. The summed E-state index contributed by atoms with van der Waals surface area (Å²) in [6, 6.07) is 3.82. The van der Waals surface area contributed by atoms with E-state index in [1.807, 2.05) is 5.38 Å². The van der Waals surface area contributed by atoms with Crippen LogP contribution in [0.4, 0.5) is 24.5 Å². The lowest BCUT2D eigenvalue weighted by molar-refractivity contribution is -0.136. The average Bonchev–Trinajstić information content (AvgIpc) is 2.83. The van der Waals surface area contributed by atoms with Crippen LogP contribution >= 0.6 is 11.3 Å². The van der Waals surface area contributed by atoms with Gasteiger partial charge in [0.25, 0.3) is 0 Å². The van der Waals surface area contributed by atoms with Crippen molar-refractivity contribution in [1.29, 1.82) is 0 Å². The third-order valence-corrected chi connectivity index (χ3v) is 3.19. The van der Waals surface area contributed by atoms with Crippen molar-refractivity contribution >= 4 is 22.7 Å².